The Kier molecular flexibility index (Phi) is 3.62. The highest BCUT2D eigenvalue weighted by Crippen LogP contribution is 2.16. The van der Waals surface area contributed by atoms with Crippen molar-refractivity contribution < 1.29 is 18.4 Å². The van der Waals surface area contributed by atoms with Gasteiger partial charge in [-0.3, -0.25) is 9.59 Å². The van der Waals surface area contributed by atoms with Crippen LogP contribution in [0.25, 0.3) is 0 Å². The maximum absolute atomic E-state index is 12.9. The summed E-state index contributed by atoms with van der Waals surface area (Å²) in [6, 6.07) is 0.419. The van der Waals surface area contributed by atoms with Crippen molar-refractivity contribution in [2.45, 2.75) is 13.0 Å². The third-order valence-corrected chi connectivity index (χ3v) is 2.11. The molecule has 1 unspecified atom stereocenters. The Morgan fingerprint density at radius 2 is 1.82 bits per heavy atom. The molecule has 0 bridgehead atoms. The van der Waals surface area contributed by atoms with Gasteiger partial charge in [-0.15, -0.1) is 0 Å². The molecule has 0 spiro atoms. The van der Waals surface area contributed by atoms with E-state index >= 15 is 0 Å². The molecule has 0 aromatic heterocycles. The molecule has 5 nitrogen and oxygen atoms in total. The maximum atomic E-state index is 12.9. The Bertz CT molecular complexity index is 477. The van der Waals surface area contributed by atoms with Gasteiger partial charge in [0, 0.05) is 11.8 Å². The Morgan fingerprint density at radius 3 is 2.35 bits per heavy atom. The number of carbonyl (C=O) groups excluding carboxylic acids is 2. The molecule has 1 atom stereocenters. The number of nitrogens with one attached hydrogen (secondary N) is 1. The molecule has 0 aliphatic heterocycles. The SMILES string of the molecule is CC(NC(=O)c1cc(F)c(F)cc1N)C(N)=O. The number of hydrogen-bond acceptors (Lipinski definition) is 3. The highest BCUT2D eigenvalue weighted by molar-refractivity contribution is 6.01. The smallest absolute Gasteiger partial charge is 0.254 e. The molecule has 1 aromatic rings. The lowest BCUT2D eigenvalue weighted by atomic mass is 10.1. The van der Waals surface area contributed by atoms with Crippen molar-refractivity contribution in [3.63, 3.8) is 0 Å². The minimum atomic E-state index is -1.20. The predicted molar refractivity (Wildman–Crippen MR) is 56.9 cm³/mol. The van der Waals surface area contributed by atoms with Crippen molar-refractivity contribution in [3.8, 4) is 0 Å². The van der Waals surface area contributed by atoms with Gasteiger partial charge in [0.05, 0.1) is 5.56 Å². The van der Waals surface area contributed by atoms with E-state index in [-0.39, 0.29) is 11.3 Å². The lowest BCUT2D eigenvalue weighted by Gasteiger charge is -2.11. The van der Waals surface area contributed by atoms with E-state index in [9.17, 15) is 18.4 Å². The Morgan fingerprint density at radius 1 is 1.29 bits per heavy atom. The fourth-order valence-electron chi connectivity index (χ4n) is 1.10. The molecule has 0 heterocycles. The van der Waals surface area contributed by atoms with Crippen molar-refractivity contribution in [2.24, 2.45) is 5.73 Å². The van der Waals surface area contributed by atoms with Crippen LogP contribution in [-0.4, -0.2) is 17.9 Å². The third-order valence-electron chi connectivity index (χ3n) is 2.11. The first kappa shape index (κ1) is 12.9. The van der Waals surface area contributed by atoms with E-state index in [2.05, 4.69) is 5.32 Å². The van der Waals surface area contributed by atoms with Crippen LogP contribution in [0, 0.1) is 11.6 Å². The van der Waals surface area contributed by atoms with Gasteiger partial charge in [-0.1, -0.05) is 0 Å². The first-order chi connectivity index (χ1) is 7.82. The van der Waals surface area contributed by atoms with Gasteiger partial charge in [0.1, 0.15) is 6.04 Å². The number of halogens is 2. The number of hydrogen-bond donors (Lipinski definition) is 3. The second-order valence-corrected chi connectivity index (χ2v) is 3.45. The average Bonchev–Trinajstić information content (AvgIpc) is 2.22. The lowest BCUT2D eigenvalue weighted by molar-refractivity contribution is -0.119. The molecular weight excluding hydrogens is 232 g/mol. The zero-order chi connectivity index (χ0) is 13.2. The highest BCUT2D eigenvalue weighted by Gasteiger charge is 2.18. The number of anilines is 1. The minimum absolute atomic E-state index is 0.224. The van der Waals surface area contributed by atoms with E-state index in [1.807, 2.05) is 0 Å². The molecule has 0 saturated carbocycles. The Labute approximate surface area is 95.8 Å². The summed E-state index contributed by atoms with van der Waals surface area (Å²) < 4.78 is 25.7. The Balaban J connectivity index is 2.97. The summed E-state index contributed by atoms with van der Waals surface area (Å²) in [5.41, 5.74) is 9.82. The maximum Gasteiger partial charge on any atom is 0.254 e. The molecule has 1 aromatic carbocycles. The topological polar surface area (TPSA) is 98.2 Å². The predicted octanol–water partition coefficient (Wildman–Crippen LogP) is 0.151. The summed E-state index contributed by atoms with van der Waals surface area (Å²) in [5, 5.41) is 2.20. The number of nitrogen functional groups attached to an aromatic ring is 1. The fourth-order valence-corrected chi connectivity index (χ4v) is 1.10. The Hall–Kier alpha value is -2.18. The lowest BCUT2D eigenvalue weighted by Crippen LogP contribution is -2.42. The van der Waals surface area contributed by atoms with Crippen LogP contribution in [0.15, 0.2) is 12.1 Å². The third kappa shape index (κ3) is 2.90. The number of rotatable bonds is 3. The number of benzene rings is 1. The molecule has 0 aliphatic carbocycles. The molecule has 5 N–H and O–H groups in total. The van der Waals surface area contributed by atoms with Gasteiger partial charge < -0.3 is 16.8 Å². The largest absolute Gasteiger partial charge is 0.398 e. The van der Waals surface area contributed by atoms with Crippen LogP contribution in [0.3, 0.4) is 0 Å². The first-order valence-corrected chi connectivity index (χ1v) is 4.67. The van der Waals surface area contributed by atoms with Crippen LogP contribution >= 0.6 is 0 Å². The van der Waals surface area contributed by atoms with Gasteiger partial charge in [-0.05, 0) is 13.0 Å². The second kappa shape index (κ2) is 4.77. The summed E-state index contributed by atoms with van der Waals surface area (Å²) in [7, 11) is 0. The summed E-state index contributed by atoms with van der Waals surface area (Å²) >= 11 is 0. The number of carbonyl (C=O) groups is 2. The van der Waals surface area contributed by atoms with Crippen LogP contribution < -0.4 is 16.8 Å². The van der Waals surface area contributed by atoms with Crippen LogP contribution in [-0.2, 0) is 4.79 Å². The van der Waals surface area contributed by atoms with E-state index in [1.54, 1.807) is 0 Å². The first-order valence-electron chi connectivity index (χ1n) is 4.67. The van der Waals surface area contributed by atoms with Gasteiger partial charge in [0.15, 0.2) is 11.6 Å². The van der Waals surface area contributed by atoms with E-state index in [0.717, 1.165) is 0 Å². The van der Waals surface area contributed by atoms with Crippen molar-refractivity contribution in [2.75, 3.05) is 5.73 Å². The molecular formula is C10H11F2N3O2. The molecule has 92 valence electrons. The molecule has 7 heteroatoms. The highest BCUT2D eigenvalue weighted by atomic mass is 19.2. The zero-order valence-corrected chi connectivity index (χ0v) is 8.96. The minimum Gasteiger partial charge on any atom is -0.398 e. The molecule has 0 radical (unpaired) electrons. The normalized spacial score (nSPS) is 11.9. The summed E-state index contributed by atoms with van der Waals surface area (Å²) in [4.78, 5) is 22.3. The number of primary amides is 1. The molecule has 2 amide bonds. The summed E-state index contributed by atoms with van der Waals surface area (Å²) in [6.45, 7) is 1.36. The monoisotopic (exact) mass is 243 g/mol. The number of nitrogens with two attached hydrogens (primary N) is 2. The molecule has 0 fully saturated rings. The van der Waals surface area contributed by atoms with Gasteiger partial charge in [-0.2, -0.15) is 0 Å². The van der Waals surface area contributed by atoms with Crippen molar-refractivity contribution >= 4 is 17.5 Å². The summed E-state index contributed by atoms with van der Waals surface area (Å²) in [6.07, 6.45) is 0. The van der Waals surface area contributed by atoms with Gasteiger partial charge in [-0.25, -0.2) is 8.78 Å². The standard InChI is InChI=1S/C10H11F2N3O2/c1-4(9(14)16)15-10(17)5-2-6(11)7(12)3-8(5)13/h2-4H,13H2,1H3,(H2,14,16)(H,15,17). The van der Waals surface area contributed by atoms with Crippen LogP contribution in [0.1, 0.15) is 17.3 Å². The quantitative estimate of drug-likeness (QED) is 0.659. The van der Waals surface area contributed by atoms with Gasteiger partial charge in [0.25, 0.3) is 5.91 Å². The van der Waals surface area contributed by atoms with E-state index in [4.69, 9.17) is 11.5 Å². The van der Waals surface area contributed by atoms with Crippen LogP contribution in [0.4, 0.5) is 14.5 Å². The van der Waals surface area contributed by atoms with E-state index in [1.165, 1.54) is 6.92 Å². The van der Waals surface area contributed by atoms with Gasteiger partial charge in [0.2, 0.25) is 5.91 Å². The molecule has 0 aliphatic rings. The van der Waals surface area contributed by atoms with E-state index in [0.29, 0.717) is 12.1 Å². The van der Waals surface area contributed by atoms with Gasteiger partial charge >= 0.3 is 0 Å². The molecule has 0 saturated heterocycles. The van der Waals surface area contributed by atoms with Crippen molar-refractivity contribution in [1.29, 1.82) is 0 Å². The van der Waals surface area contributed by atoms with Crippen molar-refractivity contribution in [3.05, 3.63) is 29.3 Å². The van der Waals surface area contributed by atoms with E-state index < -0.39 is 29.5 Å². The molecule has 1 rings (SSSR count). The average molecular weight is 243 g/mol. The van der Waals surface area contributed by atoms with Crippen LogP contribution in [0.5, 0.6) is 0 Å². The summed E-state index contributed by atoms with van der Waals surface area (Å²) in [5.74, 6) is -3.90. The second-order valence-electron chi connectivity index (χ2n) is 3.45. The zero-order valence-electron chi connectivity index (χ0n) is 8.96. The number of amides is 2. The molecule has 17 heavy (non-hydrogen) atoms. The van der Waals surface area contributed by atoms with Crippen molar-refractivity contribution in [1.82, 2.24) is 5.32 Å². The fraction of sp³-hybridized carbons (Fsp3) is 0.200. The van der Waals surface area contributed by atoms with Crippen LogP contribution in [0.2, 0.25) is 0 Å².